The third kappa shape index (κ3) is 7.77. The number of ether oxygens (including phenoxy) is 4. The molecule has 67 heavy (non-hydrogen) atoms. The number of rotatable bonds is 11. The van der Waals surface area contributed by atoms with Crippen molar-refractivity contribution in [2.45, 2.75) is 36.3 Å². The lowest BCUT2D eigenvalue weighted by molar-refractivity contribution is -0.384. The number of primary amides is 1. The van der Waals surface area contributed by atoms with Gasteiger partial charge in [0.2, 0.25) is 11.8 Å². The van der Waals surface area contributed by atoms with Crippen molar-refractivity contribution in [3.05, 3.63) is 201 Å². The average molecular weight is 899 g/mol. The van der Waals surface area contributed by atoms with Crippen LogP contribution in [-0.4, -0.2) is 65.2 Å². The fourth-order valence-electron chi connectivity index (χ4n) is 9.70. The van der Waals surface area contributed by atoms with Crippen molar-refractivity contribution in [1.82, 2.24) is 4.90 Å². The van der Waals surface area contributed by atoms with Gasteiger partial charge in [0.05, 0.1) is 42.3 Å². The summed E-state index contributed by atoms with van der Waals surface area (Å²) in [4.78, 5) is 73.9. The molecule has 0 saturated carbocycles. The molecule has 0 unspecified atom stereocenters. The number of amides is 3. The molecule has 15 nitrogen and oxygen atoms in total. The van der Waals surface area contributed by atoms with Crippen molar-refractivity contribution in [1.29, 1.82) is 0 Å². The van der Waals surface area contributed by atoms with E-state index in [2.05, 4.69) is 11.8 Å². The van der Waals surface area contributed by atoms with Gasteiger partial charge in [-0.15, -0.1) is 0 Å². The van der Waals surface area contributed by atoms with E-state index in [-0.39, 0.29) is 42.5 Å². The second kappa shape index (κ2) is 18.3. The molecule has 3 aliphatic heterocycles. The van der Waals surface area contributed by atoms with Crippen LogP contribution in [0.4, 0.5) is 16.2 Å². The quantitative estimate of drug-likeness (QED) is 0.0593. The number of hydrogen-bond acceptors (Lipinski definition) is 12. The van der Waals surface area contributed by atoms with Gasteiger partial charge in [-0.05, 0) is 82.9 Å². The number of benzene rings is 6. The number of cyclic esters (lactones) is 1. The Morgan fingerprint density at radius 2 is 1.46 bits per heavy atom. The molecule has 3 amide bonds. The summed E-state index contributed by atoms with van der Waals surface area (Å²) < 4.78 is 23.7. The van der Waals surface area contributed by atoms with Crippen LogP contribution in [-0.2, 0) is 35.9 Å². The van der Waals surface area contributed by atoms with Crippen molar-refractivity contribution in [2.24, 2.45) is 11.7 Å². The predicted molar refractivity (Wildman–Crippen MR) is 242 cm³/mol. The zero-order chi connectivity index (χ0) is 46.8. The number of non-ortho nitro benzene ring substituents is 1. The Labute approximate surface area is 384 Å². The minimum absolute atomic E-state index is 0.0442. The molecule has 15 heteroatoms. The minimum Gasteiger partial charge on any atom is -0.497 e. The van der Waals surface area contributed by atoms with Gasteiger partial charge in [-0.3, -0.25) is 29.4 Å². The number of nitro benzene ring substituents is 1. The van der Waals surface area contributed by atoms with E-state index < -0.39 is 64.4 Å². The smallest absolute Gasteiger partial charge is 0.421 e. The first-order valence-corrected chi connectivity index (χ1v) is 21.3. The number of esters is 1. The fraction of sp³-hybridized carbons (Fsp3) is 0.192. The van der Waals surface area contributed by atoms with Gasteiger partial charge in [-0.1, -0.05) is 90.7 Å². The first kappa shape index (κ1) is 43.9. The molecule has 2 saturated heterocycles. The fourth-order valence-corrected chi connectivity index (χ4v) is 9.70. The van der Waals surface area contributed by atoms with Crippen molar-refractivity contribution in [2.75, 3.05) is 25.2 Å². The molecular formula is C52H42N4O11. The largest absolute Gasteiger partial charge is 0.497 e. The molecule has 0 radical (unpaired) electrons. The normalized spacial score (nSPS) is 21.6. The monoisotopic (exact) mass is 898 g/mol. The molecule has 1 spiro atoms. The van der Waals surface area contributed by atoms with E-state index in [4.69, 9.17) is 24.7 Å². The SMILES string of the molecule is COc1ccc(C#Cc2ccc3c(c2)[C@]2(C(=O)N3C(=O)OCc3ccc([N+](=O)[O-])cc3)[C@H](c3ccccc3OCCO)N3[C@H](c4ccccc4)[C@H](c4ccccc4)OC(=O)[C@H]3[C@@H]2C(N)=O)cc1. The van der Waals surface area contributed by atoms with E-state index in [0.717, 1.165) is 4.90 Å². The van der Waals surface area contributed by atoms with Crippen molar-refractivity contribution in [3.63, 3.8) is 0 Å². The standard InChI is InChI=1S/C52H42N4O11/c1-64-38-25-20-32(21-26-38)16-17-33-22-27-41-40(30-33)52(50(60)54(41)51(61)66-31-34-18-23-37(24-19-34)56(62)63)43(48(53)58)45-49(59)67-46(36-12-6-3-7-13-36)44(35-10-4-2-5-11-35)55(45)47(52)39-14-8-9-15-42(39)65-29-28-57/h2-15,18-27,30,43-47,57H,28-29,31H2,1H3,(H2,53,58)/t43-,44-,45-,46+,47+,52-/m1/s1. The Balaban J connectivity index is 1.30. The number of aliphatic hydroxyl groups is 1. The minimum atomic E-state index is -2.19. The zero-order valence-corrected chi connectivity index (χ0v) is 35.9. The third-order valence-electron chi connectivity index (χ3n) is 12.5. The van der Waals surface area contributed by atoms with Crippen LogP contribution in [0, 0.1) is 27.9 Å². The lowest BCUT2D eigenvalue weighted by atomic mass is 9.65. The van der Waals surface area contributed by atoms with Crippen LogP contribution < -0.4 is 20.1 Å². The Morgan fingerprint density at radius 3 is 2.12 bits per heavy atom. The number of carbonyl (C=O) groups is 4. The van der Waals surface area contributed by atoms with Crippen LogP contribution in [0.2, 0.25) is 0 Å². The van der Waals surface area contributed by atoms with E-state index >= 15 is 9.59 Å². The van der Waals surface area contributed by atoms with E-state index in [9.17, 15) is 24.8 Å². The maximum atomic E-state index is 16.2. The van der Waals surface area contributed by atoms with Gasteiger partial charge in [0.1, 0.15) is 42.3 Å². The summed E-state index contributed by atoms with van der Waals surface area (Å²) in [5.74, 6) is 2.70. The topological polar surface area (TPSA) is 201 Å². The number of aliphatic hydroxyl groups excluding tert-OH is 1. The summed E-state index contributed by atoms with van der Waals surface area (Å²) in [6.45, 7) is -0.889. The number of para-hydroxylation sites is 1. The van der Waals surface area contributed by atoms with Crippen molar-refractivity contribution < 1.29 is 48.2 Å². The lowest BCUT2D eigenvalue weighted by Crippen LogP contribution is -2.55. The molecule has 6 aromatic rings. The zero-order valence-electron chi connectivity index (χ0n) is 35.9. The molecular weight excluding hydrogens is 857 g/mol. The summed E-state index contributed by atoms with van der Waals surface area (Å²) in [5, 5.41) is 21.3. The highest BCUT2D eigenvalue weighted by molar-refractivity contribution is 6.23. The molecule has 3 N–H and O–H groups in total. The summed E-state index contributed by atoms with van der Waals surface area (Å²) in [7, 11) is 1.56. The summed E-state index contributed by atoms with van der Waals surface area (Å²) in [5.41, 5.74) is 7.44. The number of anilines is 1. The second-order valence-corrected chi connectivity index (χ2v) is 16.1. The molecule has 2 fully saturated rings. The maximum Gasteiger partial charge on any atom is 0.421 e. The highest BCUT2D eigenvalue weighted by Gasteiger charge is 2.76. The number of methoxy groups -OCH3 is 1. The van der Waals surface area contributed by atoms with Gasteiger partial charge in [-0.2, -0.15) is 0 Å². The number of nitro groups is 1. The number of nitrogens with zero attached hydrogens (tertiary/aromatic N) is 3. The summed E-state index contributed by atoms with van der Waals surface area (Å²) in [6.07, 6.45) is -2.11. The first-order valence-electron chi connectivity index (χ1n) is 21.3. The van der Waals surface area contributed by atoms with Gasteiger partial charge in [0.25, 0.3) is 5.69 Å². The molecule has 3 aliphatic rings. The number of fused-ring (bicyclic) bond motifs is 3. The van der Waals surface area contributed by atoms with Crippen molar-refractivity contribution >= 4 is 35.3 Å². The molecule has 0 aliphatic carbocycles. The summed E-state index contributed by atoms with van der Waals surface area (Å²) in [6, 6.07) is 38.7. The van der Waals surface area contributed by atoms with Crippen LogP contribution in [0.1, 0.15) is 57.1 Å². The van der Waals surface area contributed by atoms with Gasteiger partial charge < -0.3 is 29.8 Å². The molecule has 336 valence electrons. The number of imide groups is 1. The van der Waals surface area contributed by atoms with Crippen LogP contribution in [0.15, 0.2) is 152 Å². The number of carbonyl (C=O) groups excluding carboxylic acids is 4. The van der Waals surface area contributed by atoms with Gasteiger partial charge in [0, 0.05) is 28.8 Å². The Bertz CT molecular complexity index is 2940. The Hall–Kier alpha value is -8.32. The Morgan fingerprint density at radius 1 is 0.821 bits per heavy atom. The number of morpholine rings is 1. The number of nitrogens with two attached hydrogens (primary N) is 1. The molecule has 0 bridgehead atoms. The van der Waals surface area contributed by atoms with E-state index in [1.54, 1.807) is 72.7 Å². The average Bonchev–Trinajstić information content (AvgIpc) is 3.81. The van der Waals surface area contributed by atoms with Crippen LogP contribution in [0.5, 0.6) is 11.5 Å². The molecule has 6 aromatic carbocycles. The van der Waals surface area contributed by atoms with Crippen LogP contribution >= 0.6 is 0 Å². The van der Waals surface area contributed by atoms with Gasteiger partial charge in [0.15, 0.2) is 0 Å². The second-order valence-electron chi connectivity index (χ2n) is 16.1. The molecule has 9 rings (SSSR count). The lowest BCUT2D eigenvalue weighted by Gasteiger charge is -2.46. The molecule has 6 atom stereocenters. The molecule has 0 aromatic heterocycles. The van der Waals surface area contributed by atoms with Gasteiger partial charge in [-0.25, -0.2) is 9.69 Å². The third-order valence-corrected chi connectivity index (χ3v) is 12.5. The number of hydrogen-bond donors (Lipinski definition) is 2. The predicted octanol–water partition coefficient (Wildman–Crippen LogP) is 6.86. The van der Waals surface area contributed by atoms with Crippen LogP contribution in [0.3, 0.4) is 0 Å². The maximum absolute atomic E-state index is 16.2. The highest BCUT2D eigenvalue weighted by Crippen LogP contribution is 2.66. The van der Waals surface area contributed by atoms with E-state index in [1.165, 1.54) is 30.3 Å². The summed E-state index contributed by atoms with van der Waals surface area (Å²) >= 11 is 0. The van der Waals surface area contributed by atoms with Crippen molar-refractivity contribution in [3.8, 4) is 23.3 Å². The van der Waals surface area contributed by atoms with E-state index in [0.29, 0.717) is 39.1 Å². The van der Waals surface area contributed by atoms with E-state index in [1.807, 2.05) is 60.7 Å². The highest BCUT2D eigenvalue weighted by atomic mass is 16.6. The van der Waals surface area contributed by atoms with Crippen LogP contribution in [0.25, 0.3) is 0 Å². The van der Waals surface area contributed by atoms with Gasteiger partial charge >= 0.3 is 12.1 Å². The first-order chi connectivity index (χ1) is 32.6. The Kier molecular flexibility index (Phi) is 12.0. The molecule has 3 heterocycles.